The first-order valence-corrected chi connectivity index (χ1v) is 6.38. The van der Waals surface area contributed by atoms with Crippen LogP contribution in [0.1, 0.15) is 6.42 Å². The summed E-state index contributed by atoms with van der Waals surface area (Å²) in [6.07, 6.45) is 7.37. The summed E-state index contributed by atoms with van der Waals surface area (Å²) in [6.45, 7) is 0. The SMILES string of the molecule is OC(CC(Cl)=C(Cl)Cl)=C1C=CC=C1.[Fe].c1cc[cH-]c1. The molecule has 0 atom stereocenters. The van der Waals surface area contributed by atoms with Crippen molar-refractivity contribution < 1.29 is 22.2 Å². The fraction of sp³-hybridized carbons (Fsp3) is 0.0714. The van der Waals surface area contributed by atoms with Crippen molar-refractivity contribution in [2.45, 2.75) is 6.42 Å². The summed E-state index contributed by atoms with van der Waals surface area (Å²) in [5.41, 5.74) is 0.729. The normalized spacial score (nSPS) is 11.4. The van der Waals surface area contributed by atoms with Crippen LogP contribution in [-0.4, -0.2) is 5.11 Å². The van der Waals surface area contributed by atoms with Crippen LogP contribution in [0.5, 0.6) is 0 Å². The van der Waals surface area contributed by atoms with Crippen LogP contribution in [0, 0.1) is 0 Å². The van der Waals surface area contributed by atoms with E-state index in [1.54, 1.807) is 12.2 Å². The van der Waals surface area contributed by atoms with E-state index < -0.39 is 0 Å². The Hall–Kier alpha value is -0.501. The molecular formula is C14H12Cl3FeO-. The Kier molecular flexibility index (Phi) is 10.0. The zero-order valence-electron chi connectivity index (χ0n) is 9.84. The second kappa shape index (κ2) is 10.3. The van der Waals surface area contributed by atoms with Crippen LogP contribution in [0.15, 0.2) is 75.5 Å². The number of halogens is 3. The first-order chi connectivity index (χ1) is 8.61. The second-order valence-electron chi connectivity index (χ2n) is 3.42. The van der Waals surface area contributed by atoms with Crippen LogP contribution in [0.25, 0.3) is 0 Å². The van der Waals surface area contributed by atoms with Gasteiger partial charge in [-0.3, -0.25) is 0 Å². The molecule has 0 saturated heterocycles. The summed E-state index contributed by atoms with van der Waals surface area (Å²) in [5.74, 6) is 0.161. The van der Waals surface area contributed by atoms with E-state index in [2.05, 4.69) is 0 Å². The Bertz CT molecular complexity index is 450. The van der Waals surface area contributed by atoms with Gasteiger partial charge in [-0.05, 0) is 0 Å². The predicted molar refractivity (Wildman–Crippen MR) is 79.2 cm³/mol. The van der Waals surface area contributed by atoms with E-state index in [1.165, 1.54) is 0 Å². The van der Waals surface area contributed by atoms with Gasteiger partial charge in [0.2, 0.25) is 0 Å². The molecule has 0 unspecified atom stereocenters. The van der Waals surface area contributed by atoms with Gasteiger partial charge in [0, 0.05) is 29.1 Å². The summed E-state index contributed by atoms with van der Waals surface area (Å²) in [5, 5.41) is 9.75. The quantitative estimate of drug-likeness (QED) is 0.414. The van der Waals surface area contributed by atoms with Gasteiger partial charge in [0.25, 0.3) is 0 Å². The second-order valence-corrected chi connectivity index (χ2v) is 4.83. The molecule has 0 saturated carbocycles. The fourth-order valence-electron chi connectivity index (χ4n) is 1.20. The van der Waals surface area contributed by atoms with E-state index in [1.807, 2.05) is 42.5 Å². The van der Waals surface area contributed by atoms with Gasteiger partial charge >= 0.3 is 0 Å². The van der Waals surface area contributed by atoms with Gasteiger partial charge in [0.1, 0.15) is 10.3 Å². The molecule has 1 aromatic rings. The zero-order valence-corrected chi connectivity index (χ0v) is 13.2. The molecule has 104 valence electrons. The summed E-state index contributed by atoms with van der Waals surface area (Å²) >= 11 is 16.5. The Morgan fingerprint density at radius 2 is 1.58 bits per heavy atom. The molecular weight excluding hydrogens is 346 g/mol. The van der Waals surface area contributed by atoms with Crippen molar-refractivity contribution >= 4 is 34.8 Å². The van der Waals surface area contributed by atoms with Crippen molar-refractivity contribution in [2.75, 3.05) is 0 Å². The van der Waals surface area contributed by atoms with Crippen LogP contribution in [0.3, 0.4) is 0 Å². The summed E-state index contributed by atoms with van der Waals surface area (Å²) in [4.78, 5) is 0. The third kappa shape index (κ3) is 7.61. The molecule has 1 nitrogen and oxygen atoms in total. The fourth-order valence-corrected chi connectivity index (χ4v) is 1.46. The minimum atomic E-state index is -0.0141. The van der Waals surface area contributed by atoms with Crippen molar-refractivity contribution in [1.82, 2.24) is 0 Å². The Morgan fingerprint density at radius 3 is 1.95 bits per heavy atom. The minimum Gasteiger partial charge on any atom is -0.511 e. The number of allylic oxidation sites excluding steroid dienone is 6. The van der Waals surface area contributed by atoms with E-state index in [0.29, 0.717) is 0 Å². The first kappa shape index (κ1) is 18.5. The molecule has 0 amide bonds. The standard InChI is InChI=1S/C9H7Cl3O.C5H5.Fe/c10-7(9(11)12)5-8(13)6-3-1-2-4-6;1-2-4-5-3-1;/h1-4,13H,5H2;1-5H;/q;-1;. The average Bonchev–Trinajstić information content (AvgIpc) is 3.05. The maximum atomic E-state index is 9.51. The molecule has 0 aliphatic heterocycles. The van der Waals surface area contributed by atoms with Gasteiger partial charge in [-0.2, -0.15) is 18.2 Å². The third-order valence-corrected chi connectivity index (χ3v) is 3.05. The third-order valence-electron chi connectivity index (χ3n) is 2.08. The number of hydrogen-bond acceptors (Lipinski definition) is 1. The smallest absolute Gasteiger partial charge is 0.121 e. The van der Waals surface area contributed by atoms with Crippen LogP contribution >= 0.6 is 34.8 Å². The van der Waals surface area contributed by atoms with Crippen molar-refractivity contribution in [3.05, 3.63) is 75.5 Å². The van der Waals surface area contributed by atoms with E-state index in [4.69, 9.17) is 34.8 Å². The van der Waals surface area contributed by atoms with Gasteiger partial charge in [0.05, 0.1) is 5.03 Å². The number of aliphatic hydroxyl groups excluding tert-OH is 1. The van der Waals surface area contributed by atoms with E-state index >= 15 is 0 Å². The van der Waals surface area contributed by atoms with E-state index in [0.717, 1.165) is 5.57 Å². The molecule has 0 heterocycles. The molecule has 1 N–H and O–H groups in total. The topological polar surface area (TPSA) is 20.2 Å². The molecule has 1 aliphatic carbocycles. The molecule has 2 rings (SSSR count). The Balaban J connectivity index is 0.000000454. The molecule has 19 heavy (non-hydrogen) atoms. The van der Waals surface area contributed by atoms with Crippen LogP contribution in [-0.2, 0) is 17.1 Å². The van der Waals surface area contributed by atoms with E-state index in [9.17, 15) is 5.11 Å². The number of hydrogen-bond donors (Lipinski definition) is 1. The van der Waals surface area contributed by atoms with Crippen molar-refractivity contribution in [3.8, 4) is 0 Å². The van der Waals surface area contributed by atoms with Crippen LogP contribution < -0.4 is 0 Å². The predicted octanol–water partition coefficient (Wildman–Crippen LogP) is 5.60. The van der Waals surface area contributed by atoms with Crippen molar-refractivity contribution in [2.24, 2.45) is 0 Å². The van der Waals surface area contributed by atoms with Crippen LogP contribution in [0.4, 0.5) is 0 Å². The van der Waals surface area contributed by atoms with Crippen LogP contribution in [0.2, 0.25) is 0 Å². The molecule has 0 spiro atoms. The van der Waals surface area contributed by atoms with Gasteiger partial charge < -0.3 is 5.11 Å². The molecule has 0 bridgehead atoms. The molecule has 5 heteroatoms. The van der Waals surface area contributed by atoms with Gasteiger partial charge in [-0.15, -0.1) is 0 Å². The molecule has 1 aromatic carbocycles. The molecule has 0 fully saturated rings. The molecule has 1 aliphatic rings. The number of aliphatic hydroxyl groups is 1. The van der Waals surface area contributed by atoms with E-state index in [-0.39, 0.29) is 38.8 Å². The first-order valence-electron chi connectivity index (χ1n) is 5.24. The number of rotatable bonds is 2. The van der Waals surface area contributed by atoms with Crippen molar-refractivity contribution in [3.63, 3.8) is 0 Å². The maximum absolute atomic E-state index is 9.51. The largest absolute Gasteiger partial charge is 0.511 e. The molecule has 0 aromatic heterocycles. The minimum absolute atomic E-state index is 0. The maximum Gasteiger partial charge on any atom is 0.121 e. The monoisotopic (exact) mass is 357 g/mol. The van der Waals surface area contributed by atoms with Gasteiger partial charge in [-0.1, -0.05) is 59.1 Å². The van der Waals surface area contributed by atoms with Crippen molar-refractivity contribution in [1.29, 1.82) is 0 Å². The summed E-state index contributed by atoms with van der Waals surface area (Å²) in [6, 6.07) is 10.0. The summed E-state index contributed by atoms with van der Waals surface area (Å²) < 4.78 is -0.0141. The Morgan fingerprint density at radius 1 is 1.05 bits per heavy atom. The van der Waals surface area contributed by atoms with Gasteiger partial charge in [0.15, 0.2) is 0 Å². The zero-order chi connectivity index (χ0) is 13.4. The van der Waals surface area contributed by atoms with Gasteiger partial charge in [-0.25, -0.2) is 12.1 Å². The summed E-state index contributed by atoms with van der Waals surface area (Å²) in [7, 11) is 0. The molecule has 0 radical (unpaired) electrons. The Labute approximate surface area is 138 Å². The average molecular weight is 358 g/mol.